The number of unbranched alkanes of at least 4 members (excludes halogenated alkanes) is 10. The molecule has 1 rings (SSSR count). The number of esters is 2. The maximum atomic E-state index is 12.7. The van der Waals surface area contributed by atoms with Crippen LogP contribution in [-0.4, -0.2) is 103 Å². The zero-order chi connectivity index (χ0) is 41.0. The van der Waals surface area contributed by atoms with E-state index in [9.17, 15) is 34.1 Å². The summed E-state index contributed by atoms with van der Waals surface area (Å²) in [6.07, 6.45) is 24.2. The number of rotatable bonds is 33. The number of quaternary nitrogens is 1. The zero-order valence-electron chi connectivity index (χ0n) is 34.6. The van der Waals surface area contributed by atoms with Crippen molar-refractivity contribution < 1.29 is 57.1 Å². The number of Topliss-reactive ketones (excluding diaryl/α,β-unsaturated/α-hetero) is 1. The Hall–Kier alpha value is -2.18. The summed E-state index contributed by atoms with van der Waals surface area (Å²) in [5, 5.41) is 20.7. The van der Waals surface area contributed by atoms with Gasteiger partial charge in [0, 0.05) is 31.1 Å². The Morgan fingerprint density at radius 1 is 0.836 bits per heavy atom. The summed E-state index contributed by atoms with van der Waals surface area (Å²) in [6.45, 7) is 3.93. The van der Waals surface area contributed by atoms with Gasteiger partial charge in [-0.1, -0.05) is 102 Å². The number of ether oxygens (including phenoxy) is 2. The predicted octanol–water partition coefficient (Wildman–Crippen LogP) is 7.94. The van der Waals surface area contributed by atoms with Crippen molar-refractivity contribution in [2.75, 3.05) is 47.5 Å². The maximum Gasteiger partial charge on any atom is 0.472 e. The topological polar surface area (TPSA) is 166 Å². The Labute approximate surface area is 331 Å². The average molecular weight is 801 g/mol. The van der Waals surface area contributed by atoms with Crippen molar-refractivity contribution in [3.05, 3.63) is 36.5 Å². The van der Waals surface area contributed by atoms with Crippen molar-refractivity contribution in [3.8, 4) is 0 Å². The number of carbonyl (C=O) groups is 3. The van der Waals surface area contributed by atoms with Gasteiger partial charge in [0.2, 0.25) is 0 Å². The Bertz CT molecular complexity index is 1200. The molecule has 0 spiro atoms. The van der Waals surface area contributed by atoms with Gasteiger partial charge >= 0.3 is 19.8 Å². The molecule has 6 atom stereocenters. The van der Waals surface area contributed by atoms with Gasteiger partial charge in [-0.2, -0.15) is 0 Å². The molecule has 0 aromatic carbocycles. The molecule has 12 nitrogen and oxygen atoms in total. The minimum absolute atomic E-state index is 0.0000232. The number of phosphoric acid groups is 1. The van der Waals surface area contributed by atoms with E-state index in [-0.39, 0.29) is 50.1 Å². The molecule has 0 radical (unpaired) electrons. The molecule has 1 aliphatic rings. The highest BCUT2D eigenvalue weighted by molar-refractivity contribution is 7.47. The largest absolute Gasteiger partial charge is 0.472 e. The first-order valence-corrected chi connectivity index (χ1v) is 22.3. The van der Waals surface area contributed by atoms with Crippen LogP contribution in [-0.2, 0) is 37.5 Å². The van der Waals surface area contributed by atoms with Gasteiger partial charge in [-0.3, -0.25) is 23.4 Å². The quantitative estimate of drug-likeness (QED) is 0.0194. The summed E-state index contributed by atoms with van der Waals surface area (Å²) in [5.74, 6) is -1.72. The molecule has 3 N–H and O–H groups in total. The lowest BCUT2D eigenvalue weighted by Crippen LogP contribution is -2.37. The van der Waals surface area contributed by atoms with E-state index in [1.807, 2.05) is 33.3 Å². The number of ketones is 1. The molecule has 1 unspecified atom stereocenters. The smallest absolute Gasteiger partial charge is 0.462 e. The van der Waals surface area contributed by atoms with Crippen LogP contribution in [0.1, 0.15) is 136 Å². The first kappa shape index (κ1) is 50.8. The van der Waals surface area contributed by atoms with E-state index < -0.39 is 44.7 Å². The summed E-state index contributed by atoms with van der Waals surface area (Å²) in [6, 6.07) is 0. The maximum absolute atomic E-state index is 12.7. The van der Waals surface area contributed by atoms with Gasteiger partial charge in [-0.05, 0) is 51.4 Å². The van der Waals surface area contributed by atoms with Gasteiger partial charge in [0.05, 0.1) is 40.0 Å². The molecule has 0 heterocycles. The molecule has 1 aliphatic carbocycles. The van der Waals surface area contributed by atoms with Gasteiger partial charge in [0.1, 0.15) is 25.5 Å². The minimum Gasteiger partial charge on any atom is -0.462 e. The van der Waals surface area contributed by atoms with Gasteiger partial charge in [-0.15, -0.1) is 0 Å². The lowest BCUT2D eigenvalue weighted by Gasteiger charge is -2.24. The third kappa shape index (κ3) is 27.2. The summed E-state index contributed by atoms with van der Waals surface area (Å²) >= 11 is 0. The summed E-state index contributed by atoms with van der Waals surface area (Å²) in [4.78, 5) is 47.9. The van der Waals surface area contributed by atoms with Crippen LogP contribution >= 0.6 is 7.82 Å². The van der Waals surface area contributed by atoms with Crippen LogP contribution in [0.4, 0.5) is 0 Å². The summed E-state index contributed by atoms with van der Waals surface area (Å²) in [5.41, 5.74) is 0. The molecule has 1 fully saturated rings. The molecule has 0 aromatic heterocycles. The van der Waals surface area contributed by atoms with Gasteiger partial charge in [0.15, 0.2) is 6.10 Å². The number of aliphatic hydroxyl groups is 2. The SMILES string of the molecule is CCCC/C=C\CCCCCCCC(=O)O[C@H](COC(=O)CCC/C=C\C[C@H]1C(=O)C[C@@H](O)[C@@H]1/C=C/[C@@H](O)CCCCC)COP(=O)(O)OCC[N+](C)(C)C. The van der Waals surface area contributed by atoms with Crippen molar-refractivity contribution in [1.82, 2.24) is 0 Å². The number of carbonyl (C=O) groups excluding carboxylic acids is 3. The second-order valence-electron chi connectivity index (χ2n) is 15.8. The standard InChI is InChI=1S/C42H74NO11P/c1-6-8-10-11-12-13-14-15-16-17-23-27-42(48)54-36(34-53-55(49,50)52-31-30-43(3,4)5)33-51-41(47)26-22-19-18-21-25-37-38(40(46)32-39(37)45)29-28-35(44)24-20-9-7-2/h11-12,18,21,28-29,35-38,40,44,46H,6-10,13-17,19-20,22-27,30-34H2,1-5H3/p+1/b12-11-,21-18-,29-28+/t35-,36+,37+,38+,40+/m0/s1. The molecule has 0 aromatic rings. The van der Waals surface area contributed by atoms with E-state index in [2.05, 4.69) is 26.0 Å². The third-order valence-corrected chi connectivity index (χ3v) is 10.5. The number of hydrogen-bond acceptors (Lipinski definition) is 10. The average Bonchev–Trinajstić information content (AvgIpc) is 3.39. The van der Waals surface area contributed by atoms with E-state index in [0.29, 0.717) is 43.1 Å². The van der Waals surface area contributed by atoms with Crippen LogP contribution in [0.25, 0.3) is 0 Å². The first-order valence-electron chi connectivity index (χ1n) is 20.8. The Morgan fingerprint density at radius 3 is 2.18 bits per heavy atom. The van der Waals surface area contributed by atoms with Crippen LogP contribution in [0.15, 0.2) is 36.5 Å². The number of aliphatic hydroxyl groups excluding tert-OH is 2. The molecule has 0 saturated heterocycles. The monoisotopic (exact) mass is 801 g/mol. The van der Waals surface area contributed by atoms with Crippen LogP contribution in [0.3, 0.4) is 0 Å². The lowest BCUT2D eigenvalue weighted by molar-refractivity contribution is -0.870. The van der Waals surface area contributed by atoms with Gasteiger partial charge < -0.3 is 29.1 Å². The van der Waals surface area contributed by atoms with Crippen molar-refractivity contribution in [2.24, 2.45) is 11.8 Å². The summed E-state index contributed by atoms with van der Waals surface area (Å²) in [7, 11) is 1.32. The van der Waals surface area contributed by atoms with Crippen LogP contribution in [0, 0.1) is 11.8 Å². The molecule has 13 heteroatoms. The first-order chi connectivity index (χ1) is 26.2. The normalized spacial score (nSPS) is 20.1. The molecule has 0 amide bonds. The van der Waals surface area contributed by atoms with E-state index in [1.165, 1.54) is 12.8 Å². The fourth-order valence-electron chi connectivity index (χ4n) is 6.09. The van der Waals surface area contributed by atoms with Crippen LogP contribution < -0.4 is 0 Å². The van der Waals surface area contributed by atoms with E-state index in [1.54, 1.807) is 12.2 Å². The molecule has 55 heavy (non-hydrogen) atoms. The highest BCUT2D eigenvalue weighted by Crippen LogP contribution is 2.43. The number of nitrogens with zero attached hydrogens (tertiary/aromatic N) is 1. The molecule has 1 saturated carbocycles. The molecule has 318 valence electrons. The number of hydrogen-bond donors (Lipinski definition) is 3. The van der Waals surface area contributed by atoms with Crippen molar-refractivity contribution >= 4 is 25.5 Å². The highest BCUT2D eigenvalue weighted by Gasteiger charge is 2.39. The van der Waals surface area contributed by atoms with E-state index >= 15 is 0 Å². The third-order valence-electron chi connectivity index (χ3n) is 9.51. The fraction of sp³-hybridized carbons (Fsp3) is 0.786. The van der Waals surface area contributed by atoms with Crippen LogP contribution in [0.5, 0.6) is 0 Å². The zero-order valence-corrected chi connectivity index (χ0v) is 35.5. The van der Waals surface area contributed by atoms with Crippen molar-refractivity contribution in [2.45, 2.75) is 154 Å². The molecular formula is C42H75NO11P+. The minimum atomic E-state index is -4.44. The van der Waals surface area contributed by atoms with E-state index in [4.69, 9.17) is 18.5 Å². The fourth-order valence-corrected chi connectivity index (χ4v) is 6.83. The van der Waals surface area contributed by atoms with Crippen molar-refractivity contribution in [1.29, 1.82) is 0 Å². The van der Waals surface area contributed by atoms with E-state index in [0.717, 1.165) is 57.8 Å². The van der Waals surface area contributed by atoms with Gasteiger partial charge in [0.25, 0.3) is 0 Å². The predicted molar refractivity (Wildman–Crippen MR) is 216 cm³/mol. The molecular weight excluding hydrogens is 725 g/mol. The number of allylic oxidation sites excluding steroid dienone is 4. The summed E-state index contributed by atoms with van der Waals surface area (Å²) < 4.78 is 34.1. The molecule has 0 bridgehead atoms. The van der Waals surface area contributed by atoms with Crippen molar-refractivity contribution in [3.63, 3.8) is 0 Å². The second-order valence-corrected chi connectivity index (χ2v) is 17.2. The Morgan fingerprint density at radius 2 is 1.47 bits per heavy atom. The van der Waals surface area contributed by atoms with Crippen LogP contribution in [0.2, 0.25) is 0 Å². The van der Waals surface area contributed by atoms with Gasteiger partial charge in [-0.25, -0.2) is 4.57 Å². The second kappa shape index (κ2) is 30.0. The number of phosphoric ester groups is 1. The Balaban J connectivity index is 2.55. The number of likely N-dealkylation sites (N-methyl/N-ethyl adjacent to an activating group) is 1. The lowest BCUT2D eigenvalue weighted by atomic mass is 9.90. The Kier molecular flexibility index (Phi) is 27.7. The highest BCUT2D eigenvalue weighted by atomic mass is 31.2. The molecule has 0 aliphatic heterocycles.